The van der Waals surface area contributed by atoms with Crippen molar-refractivity contribution in [1.82, 2.24) is 35.3 Å². The van der Waals surface area contributed by atoms with Gasteiger partial charge in [-0.1, -0.05) is 6.07 Å². The Morgan fingerprint density at radius 2 is 2.02 bits per heavy atom. The van der Waals surface area contributed by atoms with Gasteiger partial charge >= 0.3 is 0 Å². The smallest absolute Gasteiger partial charge is 0.252 e. The van der Waals surface area contributed by atoms with Gasteiger partial charge in [0.2, 0.25) is 5.91 Å². The van der Waals surface area contributed by atoms with Crippen LogP contribution in [0, 0.1) is 12.7 Å². The number of amides is 2. The molecule has 1 fully saturated rings. The number of nitrogens with zero attached hydrogens (tertiary/aromatic N) is 5. The van der Waals surface area contributed by atoms with E-state index in [4.69, 9.17) is 9.72 Å². The van der Waals surface area contributed by atoms with E-state index in [9.17, 15) is 14.0 Å². The maximum absolute atomic E-state index is 13.6. The Balaban J connectivity index is 1.14. The highest BCUT2D eigenvalue weighted by Gasteiger charge is 2.44. The third kappa shape index (κ3) is 5.34. The maximum Gasteiger partial charge on any atom is 0.252 e. The molecule has 0 unspecified atom stereocenters. The van der Waals surface area contributed by atoms with Gasteiger partial charge in [-0.05, 0) is 51.2 Å². The fourth-order valence-corrected chi connectivity index (χ4v) is 5.77. The Hall–Kier alpha value is -4.65. The number of anilines is 3. The van der Waals surface area contributed by atoms with Crippen LogP contribution in [0.2, 0.25) is 0 Å². The number of H-pyrrole nitrogens is 1. The standard InChI is InChI=1S/C29H32FN9O3/c1-16-10-24(38-37-16)35-23-12-22-21(11-26(40)34-22)27(36-23)18-6-8-29(42-3,9-7-18)28(41)33-17(2)19-4-5-25(31-13-19)39-15-20(30)14-32-39/h4-5,10,12-15,17-18H,6-9,11H2,1-3H3,(H,33,41)(H,34,40)(H2,35,36,37,38)/t17-,18?,29?/m0/s1. The summed E-state index contributed by atoms with van der Waals surface area (Å²) in [6, 6.07) is 6.94. The molecule has 6 rings (SSSR count). The number of ether oxygens (including phenoxy) is 1. The van der Waals surface area contributed by atoms with E-state index < -0.39 is 11.4 Å². The van der Waals surface area contributed by atoms with Gasteiger partial charge in [-0.25, -0.2) is 19.0 Å². The van der Waals surface area contributed by atoms with Crippen LogP contribution in [0.15, 0.2) is 42.9 Å². The average Bonchev–Trinajstić information content (AvgIpc) is 3.71. The summed E-state index contributed by atoms with van der Waals surface area (Å²) in [5.41, 5.74) is 3.26. The molecular formula is C29H32FN9O3. The molecule has 4 N–H and O–H groups in total. The minimum atomic E-state index is -0.982. The molecule has 2 aliphatic rings. The Labute approximate surface area is 241 Å². The van der Waals surface area contributed by atoms with Crippen LogP contribution >= 0.6 is 0 Å². The molecule has 0 radical (unpaired) electrons. The monoisotopic (exact) mass is 573 g/mol. The number of rotatable bonds is 8. The van der Waals surface area contributed by atoms with E-state index in [0.29, 0.717) is 43.1 Å². The normalized spacial score (nSPS) is 20.6. The van der Waals surface area contributed by atoms with Gasteiger partial charge in [0.25, 0.3) is 5.91 Å². The van der Waals surface area contributed by atoms with Crippen molar-refractivity contribution in [2.75, 3.05) is 17.7 Å². The summed E-state index contributed by atoms with van der Waals surface area (Å²) in [5, 5.41) is 20.3. The summed E-state index contributed by atoms with van der Waals surface area (Å²) in [5.74, 6) is 1.09. The maximum atomic E-state index is 13.6. The second-order valence-corrected chi connectivity index (χ2v) is 10.9. The molecule has 2 amide bonds. The van der Waals surface area contributed by atoms with Crippen LogP contribution in [0.5, 0.6) is 0 Å². The highest BCUT2D eigenvalue weighted by Crippen LogP contribution is 2.43. The number of hydrogen-bond donors (Lipinski definition) is 4. The predicted octanol–water partition coefficient (Wildman–Crippen LogP) is 3.99. The molecule has 4 aromatic rings. The molecule has 13 heteroatoms. The number of carbonyl (C=O) groups is 2. The van der Waals surface area contributed by atoms with Gasteiger partial charge in [0.1, 0.15) is 11.4 Å². The summed E-state index contributed by atoms with van der Waals surface area (Å²) in [7, 11) is 1.57. The van der Waals surface area contributed by atoms with Gasteiger partial charge in [-0.15, -0.1) is 0 Å². The van der Waals surface area contributed by atoms with E-state index >= 15 is 0 Å². The first-order valence-corrected chi connectivity index (χ1v) is 13.9. The number of pyridine rings is 2. The van der Waals surface area contributed by atoms with Crippen molar-refractivity contribution < 1.29 is 18.7 Å². The molecule has 0 saturated heterocycles. The summed E-state index contributed by atoms with van der Waals surface area (Å²) in [6.45, 7) is 3.80. The van der Waals surface area contributed by atoms with Crippen molar-refractivity contribution in [1.29, 1.82) is 0 Å². The highest BCUT2D eigenvalue weighted by atomic mass is 19.1. The minimum absolute atomic E-state index is 0.0597. The molecule has 0 aromatic carbocycles. The van der Waals surface area contributed by atoms with E-state index in [-0.39, 0.29) is 30.2 Å². The molecular weight excluding hydrogens is 541 g/mol. The first-order chi connectivity index (χ1) is 20.2. The van der Waals surface area contributed by atoms with Crippen LogP contribution in [0.1, 0.15) is 67.1 Å². The van der Waals surface area contributed by atoms with Crippen LogP contribution in [-0.2, 0) is 20.7 Å². The molecule has 1 saturated carbocycles. The van der Waals surface area contributed by atoms with Crippen molar-refractivity contribution in [2.24, 2.45) is 0 Å². The number of fused-ring (bicyclic) bond motifs is 1. The SMILES string of the molecule is COC1(C(=O)N[C@@H](C)c2ccc(-n3cc(F)cn3)nc2)CCC(c2nc(Nc3cc(C)[nH]n3)cc3c2CC(=O)N3)CC1. The number of aryl methyl sites for hydroxylation is 1. The lowest BCUT2D eigenvalue weighted by Gasteiger charge is -2.38. The lowest BCUT2D eigenvalue weighted by Crippen LogP contribution is -2.50. The Morgan fingerprint density at radius 3 is 2.67 bits per heavy atom. The number of hydrogen-bond acceptors (Lipinski definition) is 8. The van der Waals surface area contributed by atoms with Crippen LogP contribution in [0.25, 0.3) is 5.82 Å². The molecule has 5 heterocycles. The number of aromatic amines is 1. The number of nitrogens with one attached hydrogen (secondary N) is 4. The zero-order valence-electron chi connectivity index (χ0n) is 23.6. The molecule has 1 atom stereocenters. The fourth-order valence-electron chi connectivity index (χ4n) is 5.77. The van der Waals surface area contributed by atoms with Crippen molar-refractivity contribution in [3.05, 3.63) is 71.2 Å². The van der Waals surface area contributed by atoms with Crippen LogP contribution in [0.4, 0.5) is 21.7 Å². The largest absolute Gasteiger partial charge is 0.368 e. The average molecular weight is 574 g/mol. The summed E-state index contributed by atoms with van der Waals surface area (Å²) < 4.78 is 20.5. The quantitative estimate of drug-likeness (QED) is 0.247. The van der Waals surface area contributed by atoms with Crippen molar-refractivity contribution in [2.45, 2.75) is 63.5 Å². The summed E-state index contributed by atoms with van der Waals surface area (Å²) in [4.78, 5) is 35.1. The van der Waals surface area contributed by atoms with Gasteiger partial charge in [0.15, 0.2) is 17.5 Å². The van der Waals surface area contributed by atoms with E-state index in [0.717, 1.165) is 34.4 Å². The second-order valence-electron chi connectivity index (χ2n) is 10.9. The molecule has 0 bridgehead atoms. The molecule has 4 aromatic heterocycles. The van der Waals surface area contributed by atoms with Crippen LogP contribution in [0.3, 0.4) is 0 Å². The Kier molecular flexibility index (Phi) is 7.19. The van der Waals surface area contributed by atoms with E-state index in [1.807, 2.05) is 32.0 Å². The third-order valence-corrected chi connectivity index (χ3v) is 8.12. The molecule has 12 nitrogen and oxygen atoms in total. The van der Waals surface area contributed by atoms with E-state index in [1.54, 1.807) is 19.4 Å². The number of halogens is 1. The van der Waals surface area contributed by atoms with E-state index in [1.165, 1.54) is 10.9 Å². The number of carbonyl (C=O) groups excluding carboxylic acids is 2. The van der Waals surface area contributed by atoms with Crippen molar-refractivity contribution >= 4 is 29.1 Å². The lowest BCUT2D eigenvalue weighted by atomic mass is 9.75. The highest BCUT2D eigenvalue weighted by molar-refractivity contribution is 6.00. The molecule has 1 aliphatic carbocycles. The number of aromatic nitrogens is 6. The summed E-state index contributed by atoms with van der Waals surface area (Å²) >= 11 is 0. The zero-order valence-corrected chi connectivity index (χ0v) is 23.6. The topological polar surface area (TPSA) is 152 Å². The molecule has 0 spiro atoms. The van der Waals surface area contributed by atoms with Crippen molar-refractivity contribution in [3.8, 4) is 5.82 Å². The molecule has 42 heavy (non-hydrogen) atoms. The Bertz CT molecular complexity index is 1620. The van der Waals surface area contributed by atoms with Gasteiger partial charge in [0, 0.05) is 48.3 Å². The van der Waals surface area contributed by atoms with Crippen LogP contribution in [-0.4, -0.2) is 54.5 Å². The molecule has 218 valence electrons. The van der Waals surface area contributed by atoms with E-state index in [2.05, 4.69) is 36.2 Å². The summed E-state index contributed by atoms with van der Waals surface area (Å²) in [6.07, 6.45) is 6.64. The van der Waals surface area contributed by atoms with Crippen LogP contribution < -0.4 is 16.0 Å². The zero-order chi connectivity index (χ0) is 29.4. The molecule has 1 aliphatic heterocycles. The van der Waals surface area contributed by atoms with Crippen molar-refractivity contribution in [3.63, 3.8) is 0 Å². The lowest BCUT2D eigenvalue weighted by molar-refractivity contribution is -0.148. The minimum Gasteiger partial charge on any atom is -0.368 e. The number of methoxy groups -OCH3 is 1. The van der Waals surface area contributed by atoms with Gasteiger partial charge in [0.05, 0.1) is 30.6 Å². The first kappa shape index (κ1) is 27.5. The predicted molar refractivity (Wildman–Crippen MR) is 152 cm³/mol. The fraction of sp³-hybridized carbons (Fsp3) is 0.379. The Morgan fingerprint density at radius 1 is 1.21 bits per heavy atom. The second kappa shape index (κ2) is 11.0. The van der Waals surface area contributed by atoms with Gasteiger partial charge in [-0.2, -0.15) is 10.2 Å². The first-order valence-electron chi connectivity index (χ1n) is 13.9. The third-order valence-electron chi connectivity index (χ3n) is 8.12. The van der Waals surface area contributed by atoms with Gasteiger partial charge < -0.3 is 20.7 Å². The van der Waals surface area contributed by atoms with Gasteiger partial charge in [-0.3, -0.25) is 14.7 Å².